The third kappa shape index (κ3) is 11.3. The van der Waals surface area contributed by atoms with Gasteiger partial charge in [-0.15, -0.1) is 0 Å². The summed E-state index contributed by atoms with van der Waals surface area (Å²) < 4.78 is 0. The minimum absolute atomic E-state index is 0.284. The van der Waals surface area contributed by atoms with Gasteiger partial charge in [0.05, 0.1) is 0 Å². The largest absolute Gasteiger partial charge is 0.385 e. The fourth-order valence-corrected chi connectivity index (χ4v) is 6.60. The van der Waals surface area contributed by atoms with Gasteiger partial charge in [-0.1, -0.05) is 12.1 Å². The van der Waals surface area contributed by atoms with Crippen molar-refractivity contribution in [1.82, 2.24) is 9.80 Å². The molecular formula is C41H50N8O3. The third-order valence-corrected chi connectivity index (χ3v) is 9.41. The molecule has 6 rings (SSSR count). The van der Waals surface area contributed by atoms with E-state index >= 15 is 0 Å². The fraction of sp³-hybridized carbons (Fsp3) is 0.341. The number of nitrogens with zero attached hydrogens (tertiary/aromatic N) is 2. The summed E-state index contributed by atoms with van der Waals surface area (Å²) in [6, 6.07) is 28.3. The predicted octanol–water partition coefficient (Wildman–Crippen LogP) is 7.63. The summed E-state index contributed by atoms with van der Waals surface area (Å²) in [7, 11) is 0. The van der Waals surface area contributed by atoms with Gasteiger partial charge in [-0.3, -0.25) is 9.59 Å². The average molecular weight is 703 g/mol. The predicted molar refractivity (Wildman–Crippen MR) is 212 cm³/mol. The van der Waals surface area contributed by atoms with E-state index in [1.807, 2.05) is 48.5 Å². The molecule has 0 spiro atoms. The van der Waals surface area contributed by atoms with Crippen LogP contribution >= 0.6 is 0 Å². The molecule has 2 aliphatic heterocycles. The smallest absolute Gasteiger partial charge is 0.323 e. The Hall–Kier alpha value is -5.39. The molecule has 2 fully saturated rings. The number of anilines is 6. The maximum absolute atomic E-state index is 13.0. The zero-order valence-corrected chi connectivity index (χ0v) is 29.8. The van der Waals surface area contributed by atoms with E-state index in [1.54, 1.807) is 48.5 Å². The Bertz CT molecular complexity index is 1640. The quantitative estimate of drug-likeness (QED) is 0.0663. The van der Waals surface area contributed by atoms with Crippen LogP contribution < -0.4 is 31.9 Å². The minimum Gasteiger partial charge on any atom is -0.385 e. The molecule has 0 unspecified atom stereocenters. The van der Waals surface area contributed by atoms with E-state index < -0.39 is 6.03 Å². The highest BCUT2D eigenvalue weighted by molar-refractivity contribution is 6.07. The van der Waals surface area contributed by atoms with Crippen molar-refractivity contribution in [2.45, 2.75) is 38.5 Å². The van der Waals surface area contributed by atoms with Crippen LogP contribution in [0.2, 0.25) is 0 Å². The van der Waals surface area contributed by atoms with Crippen molar-refractivity contribution in [3.8, 4) is 0 Å². The molecule has 0 radical (unpaired) electrons. The van der Waals surface area contributed by atoms with Crippen molar-refractivity contribution < 1.29 is 14.4 Å². The number of urea groups is 1. The summed E-state index contributed by atoms with van der Waals surface area (Å²) in [4.78, 5) is 43.9. The van der Waals surface area contributed by atoms with Gasteiger partial charge in [0, 0.05) is 58.3 Å². The van der Waals surface area contributed by atoms with Gasteiger partial charge in [0.2, 0.25) is 0 Å². The van der Waals surface area contributed by atoms with Crippen LogP contribution in [0.3, 0.4) is 0 Å². The molecule has 11 nitrogen and oxygen atoms in total. The molecule has 52 heavy (non-hydrogen) atoms. The molecule has 2 heterocycles. The van der Waals surface area contributed by atoms with Crippen LogP contribution in [0.1, 0.15) is 59.2 Å². The molecule has 4 aromatic carbocycles. The molecule has 11 heteroatoms. The second-order valence-corrected chi connectivity index (χ2v) is 13.5. The van der Waals surface area contributed by atoms with Crippen LogP contribution in [0.4, 0.5) is 38.9 Å². The monoisotopic (exact) mass is 702 g/mol. The number of nitrogens with one attached hydrogen (secondary N) is 6. The molecule has 2 aliphatic rings. The van der Waals surface area contributed by atoms with Crippen molar-refractivity contribution in [2.24, 2.45) is 0 Å². The summed E-state index contributed by atoms with van der Waals surface area (Å²) in [5, 5.41) is 18.3. The van der Waals surface area contributed by atoms with Crippen molar-refractivity contribution in [3.63, 3.8) is 0 Å². The van der Waals surface area contributed by atoms with Crippen LogP contribution in [-0.2, 0) is 0 Å². The molecule has 6 N–H and O–H groups in total. The molecule has 0 aromatic heterocycles. The van der Waals surface area contributed by atoms with Crippen LogP contribution in [0, 0.1) is 0 Å². The topological polar surface area (TPSA) is 130 Å². The molecule has 0 bridgehead atoms. The molecule has 272 valence electrons. The normalized spacial score (nSPS) is 14.5. The number of carbonyl (C=O) groups excluding carboxylic acids is 3. The number of rotatable bonds is 16. The van der Waals surface area contributed by atoms with Gasteiger partial charge in [0.15, 0.2) is 0 Å². The Labute approximate surface area is 306 Å². The van der Waals surface area contributed by atoms with Crippen molar-refractivity contribution in [1.29, 1.82) is 0 Å². The van der Waals surface area contributed by atoms with E-state index in [0.717, 1.165) is 50.4 Å². The summed E-state index contributed by atoms with van der Waals surface area (Å²) in [5.41, 5.74) is 5.11. The van der Waals surface area contributed by atoms with Crippen LogP contribution in [-0.4, -0.2) is 80.0 Å². The summed E-state index contributed by atoms with van der Waals surface area (Å²) in [6.07, 6.45) is 7.42. The summed E-state index contributed by atoms with van der Waals surface area (Å²) in [6.45, 7) is 8.91. The van der Waals surface area contributed by atoms with Gasteiger partial charge < -0.3 is 41.7 Å². The van der Waals surface area contributed by atoms with Gasteiger partial charge >= 0.3 is 6.03 Å². The minimum atomic E-state index is -0.498. The Morgan fingerprint density at radius 3 is 1.25 bits per heavy atom. The fourth-order valence-electron chi connectivity index (χ4n) is 6.60. The highest BCUT2D eigenvalue weighted by Crippen LogP contribution is 2.19. The van der Waals surface area contributed by atoms with Gasteiger partial charge in [0.25, 0.3) is 11.8 Å². The first-order chi connectivity index (χ1) is 25.5. The number of hydrogen-bond donors (Lipinski definition) is 6. The molecule has 4 aromatic rings. The van der Waals surface area contributed by atoms with E-state index in [-0.39, 0.29) is 11.8 Å². The molecule has 4 amide bonds. The standard InChI is InChI=1S/C41H50N8O3/c50-39(44-35-17-13-33(14-18-35)42-21-7-27-48-23-1-2-24-48)31-9-5-11-37(29-31)46-41(52)47-38-12-6-10-32(30-38)40(51)45-36-19-15-34(16-20-36)43-22-8-28-49-25-3-4-26-49/h5-6,9-20,29-30,42-43H,1-4,7-8,21-28H2,(H,44,50)(H,45,51)(H2,46,47,52). The first-order valence-electron chi connectivity index (χ1n) is 18.5. The van der Waals surface area contributed by atoms with E-state index in [1.165, 1.54) is 51.9 Å². The lowest BCUT2D eigenvalue weighted by atomic mass is 10.1. The maximum atomic E-state index is 13.0. The second kappa shape index (κ2) is 18.7. The third-order valence-electron chi connectivity index (χ3n) is 9.41. The lowest BCUT2D eigenvalue weighted by molar-refractivity contribution is 0.101. The number of hydrogen-bond acceptors (Lipinski definition) is 7. The summed E-state index contributed by atoms with van der Waals surface area (Å²) in [5.74, 6) is -0.569. The van der Waals surface area contributed by atoms with Gasteiger partial charge in [-0.2, -0.15) is 0 Å². The molecular weight excluding hydrogens is 653 g/mol. The number of carbonyl (C=O) groups is 3. The Morgan fingerprint density at radius 1 is 0.462 bits per heavy atom. The number of likely N-dealkylation sites (tertiary alicyclic amines) is 2. The van der Waals surface area contributed by atoms with Crippen LogP contribution in [0.25, 0.3) is 0 Å². The average Bonchev–Trinajstić information content (AvgIpc) is 3.89. The van der Waals surface area contributed by atoms with Crippen molar-refractivity contribution in [3.05, 3.63) is 108 Å². The zero-order valence-electron chi connectivity index (χ0n) is 29.8. The van der Waals surface area contributed by atoms with Gasteiger partial charge in [-0.25, -0.2) is 4.79 Å². The van der Waals surface area contributed by atoms with Gasteiger partial charge in [0.1, 0.15) is 0 Å². The van der Waals surface area contributed by atoms with Crippen LogP contribution in [0.15, 0.2) is 97.1 Å². The molecule has 0 atom stereocenters. The first kappa shape index (κ1) is 36.4. The second-order valence-electron chi connectivity index (χ2n) is 13.5. The molecule has 0 aliphatic carbocycles. The van der Waals surface area contributed by atoms with Gasteiger partial charge in [-0.05, 0) is 163 Å². The number of amides is 4. The van der Waals surface area contributed by atoms with Crippen molar-refractivity contribution >= 4 is 52.0 Å². The highest BCUT2D eigenvalue weighted by atomic mass is 16.2. The highest BCUT2D eigenvalue weighted by Gasteiger charge is 2.13. The maximum Gasteiger partial charge on any atom is 0.323 e. The van der Waals surface area contributed by atoms with Crippen LogP contribution in [0.5, 0.6) is 0 Å². The van der Waals surface area contributed by atoms with E-state index in [9.17, 15) is 14.4 Å². The lowest BCUT2D eigenvalue weighted by Gasteiger charge is -2.15. The summed E-state index contributed by atoms with van der Waals surface area (Å²) >= 11 is 0. The Balaban J connectivity index is 0.929. The number of benzene rings is 4. The zero-order chi connectivity index (χ0) is 36.0. The van der Waals surface area contributed by atoms with E-state index in [4.69, 9.17) is 0 Å². The molecule has 0 saturated carbocycles. The SMILES string of the molecule is O=C(Nc1cccc(C(=O)Nc2ccc(NCCCN3CCCC3)cc2)c1)Nc1cccc(C(=O)Nc2ccc(NCCCN3CCCC3)cc2)c1. The van der Waals surface area contributed by atoms with Crippen molar-refractivity contribution in [2.75, 3.05) is 84.3 Å². The van der Waals surface area contributed by atoms with E-state index in [0.29, 0.717) is 33.9 Å². The van der Waals surface area contributed by atoms with E-state index in [2.05, 4.69) is 41.7 Å². The Morgan fingerprint density at radius 2 is 0.846 bits per heavy atom. The lowest BCUT2D eigenvalue weighted by Crippen LogP contribution is -2.22. The first-order valence-corrected chi connectivity index (χ1v) is 18.5. The molecule has 2 saturated heterocycles. The Kier molecular flexibility index (Phi) is 13.1.